The average Bonchev–Trinajstić information content (AvgIpc) is 2.85. The van der Waals surface area contributed by atoms with Gasteiger partial charge in [-0.2, -0.15) is 0 Å². The van der Waals surface area contributed by atoms with Gasteiger partial charge in [-0.05, 0) is 40.5 Å². The van der Waals surface area contributed by atoms with Gasteiger partial charge in [0.2, 0.25) is 0 Å². The number of rotatable bonds is 8. The summed E-state index contributed by atoms with van der Waals surface area (Å²) in [5.74, 6) is 0. The van der Waals surface area contributed by atoms with E-state index in [1.807, 2.05) is 25.7 Å². The molecule has 1 saturated heterocycles. The van der Waals surface area contributed by atoms with Crippen LogP contribution >= 0.6 is 0 Å². The molecule has 1 aliphatic rings. The lowest BCUT2D eigenvalue weighted by atomic mass is 10.1. The van der Waals surface area contributed by atoms with Crippen molar-refractivity contribution in [2.24, 2.45) is 0 Å². The molecule has 1 heterocycles. The van der Waals surface area contributed by atoms with Gasteiger partial charge in [0.15, 0.2) is 0 Å². The third-order valence-electron chi connectivity index (χ3n) is 4.10. The largest absolute Gasteiger partial charge is 0.444 e. The third-order valence-corrected chi connectivity index (χ3v) is 4.10. The molecule has 0 radical (unpaired) electrons. The lowest BCUT2D eigenvalue weighted by Gasteiger charge is -2.25. The van der Waals surface area contributed by atoms with Crippen LogP contribution in [-0.2, 0) is 4.74 Å². The molecule has 0 aliphatic carbocycles. The first-order valence-electron chi connectivity index (χ1n) is 9.05. The Kier molecular flexibility index (Phi) is 8.23. The fraction of sp³-hybridized carbons (Fsp3) is 0.944. The van der Waals surface area contributed by atoms with E-state index in [1.165, 1.54) is 38.5 Å². The van der Waals surface area contributed by atoms with Gasteiger partial charge in [0, 0.05) is 25.2 Å². The molecule has 2 unspecified atom stereocenters. The van der Waals surface area contributed by atoms with Crippen molar-refractivity contribution in [1.82, 2.24) is 10.2 Å². The maximum absolute atomic E-state index is 12.0. The van der Waals surface area contributed by atoms with Gasteiger partial charge in [-0.15, -0.1) is 0 Å². The monoisotopic (exact) mass is 312 g/mol. The highest BCUT2D eigenvalue weighted by atomic mass is 16.6. The second-order valence-electron chi connectivity index (χ2n) is 7.68. The van der Waals surface area contributed by atoms with Crippen LogP contribution in [0, 0.1) is 0 Å². The van der Waals surface area contributed by atoms with Crippen LogP contribution in [0.2, 0.25) is 0 Å². The molecule has 1 fully saturated rings. The molecule has 4 heteroatoms. The Morgan fingerprint density at radius 2 is 1.95 bits per heavy atom. The maximum Gasteiger partial charge on any atom is 0.410 e. The van der Waals surface area contributed by atoms with E-state index in [2.05, 4.69) is 19.2 Å². The summed E-state index contributed by atoms with van der Waals surface area (Å²) in [5.41, 5.74) is -0.408. The van der Waals surface area contributed by atoms with E-state index < -0.39 is 5.60 Å². The normalized spacial score (nSPS) is 20.2. The molecule has 2 atom stereocenters. The van der Waals surface area contributed by atoms with Crippen LogP contribution in [-0.4, -0.2) is 41.8 Å². The van der Waals surface area contributed by atoms with Crippen molar-refractivity contribution in [3.8, 4) is 0 Å². The Bertz CT molecular complexity index is 326. The van der Waals surface area contributed by atoms with Gasteiger partial charge in [0.1, 0.15) is 5.60 Å². The fourth-order valence-electron chi connectivity index (χ4n) is 2.93. The number of ether oxygens (including phenoxy) is 1. The van der Waals surface area contributed by atoms with Crippen molar-refractivity contribution in [1.29, 1.82) is 0 Å². The van der Waals surface area contributed by atoms with Crippen LogP contribution in [0.4, 0.5) is 4.79 Å². The van der Waals surface area contributed by atoms with E-state index >= 15 is 0 Å². The number of hydrogen-bond acceptors (Lipinski definition) is 3. The zero-order valence-electron chi connectivity index (χ0n) is 15.3. The van der Waals surface area contributed by atoms with E-state index in [0.717, 1.165) is 19.5 Å². The molecule has 4 nitrogen and oxygen atoms in total. The minimum atomic E-state index is -0.408. The summed E-state index contributed by atoms with van der Waals surface area (Å²) in [7, 11) is 0. The highest BCUT2D eigenvalue weighted by molar-refractivity contribution is 5.68. The number of amides is 1. The molecule has 0 aromatic rings. The number of unbranched alkanes of at least 4 members (excludes halogenated alkanes) is 4. The standard InChI is InChI=1S/C18H36N2O2/c1-6-7-8-9-10-11-15(2)19-16-12-13-20(14-16)17(21)22-18(3,4)5/h15-16,19H,6-14H2,1-5H3. The first-order chi connectivity index (χ1) is 10.3. The van der Waals surface area contributed by atoms with E-state index in [1.54, 1.807) is 0 Å². The van der Waals surface area contributed by atoms with E-state index in [-0.39, 0.29) is 6.09 Å². The van der Waals surface area contributed by atoms with Gasteiger partial charge in [-0.3, -0.25) is 0 Å². The van der Waals surface area contributed by atoms with Gasteiger partial charge in [-0.1, -0.05) is 39.0 Å². The summed E-state index contributed by atoms with van der Waals surface area (Å²) < 4.78 is 5.44. The Labute approximate surface area is 137 Å². The Morgan fingerprint density at radius 1 is 1.27 bits per heavy atom. The SMILES string of the molecule is CCCCCCCC(C)NC1CCN(C(=O)OC(C)(C)C)C1. The first-order valence-corrected chi connectivity index (χ1v) is 9.05. The molecule has 130 valence electrons. The quantitative estimate of drug-likeness (QED) is 0.678. The van der Waals surface area contributed by atoms with Crippen LogP contribution in [0.1, 0.15) is 79.6 Å². The van der Waals surface area contributed by atoms with Gasteiger partial charge in [-0.25, -0.2) is 4.79 Å². The number of nitrogens with zero attached hydrogens (tertiary/aromatic N) is 1. The molecule has 1 N–H and O–H groups in total. The summed E-state index contributed by atoms with van der Waals surface area (Å²) in [6.45, 7) is 11.8. The third kappa shape index (κ3) is 8.02. The zero-order chi connectivity index (χ0) is 16.6. The fourth-order valence-corrected chi connectivity index (χ4v) is 2.93. The predicted octanol–water partition coefficient (Wildman–Crippen LogP) is 4.33. The summed E-state index contributed by atoms with van der Waals surface area (Å²) in [6.07, 6.45) is 8.74. The smallest absolute Gasteiger partial charge is 0.410 e. The minimum absolute atomic E-state index is 0.177. The topological polar surface area (TPSA) is 41.6 Å². The molecule has 0 saturated carbocycles. The van der Waals surface area contributed by atoms with E-state index in [4.69, 9.17) is 4.74 Å². The molecular formula is C18H36N2O2. The van der Waals surface area contributed by atoms with Crippen LogP contribution < -0.4 is 5.32 Å². The van der Waals surface area contributed by atoms with Crippen LogP contribution in [0.25, 0.3) is 0 Å². The lowest BCUT2D eigenvalue weighted by Crippen LogP contribution is -2.41. The lowest BCUT2D eigenvalue weighted by molar-refractivity contribution is 0.0290. The number of likely N-dealkylation sites (tertiary alicyclic amines) is 1. The van der Waals surface area contributed by atoms with Crippen molar-refractivity contribution in [2.75, 3.05) is 13.1 Å². The second kappa shape index (κ2) is 9.39. The number of hydrogen-bond donors (Lipinski definition) is 1. The maximum atomic E-state index is 12.0. The number of nitrogens with one attached hydrogen (secondary N) is 1. The highest BCUT2D eigenvalue weighted by Crippen LogP contribution is 2.16. The van der Waals surface area contributed by atoms with Crippen molar-refractivity contribution in [3.63, 3.8) is 0 Å². The van der Waals surface area contributed by atoms with Crippen molar-refractivity contribution >= 4 is 6.09 Å². The van der Waals surface area contributed by atoms with Crippen molar-refractivity contribution < 1.29 is 9.53 Å². The van der Waals surface area contributed by atoms with Gasteiger partial charge in [0.05, 0.1) is 0 Å². The average molecular weight is 312 g/mol. The summed E-state index contributed by atoms with van der Waals surface area (Å²) in [6, 6.07) is 0.948. The van der Waals surface area contributed by atoms with Gasteiger partial charge in [0.25, 0.3) is 0 Å². The molecule has 0 aromatic carbocycles. The zero-order valence-corrected chi connectivity index (χ0v) is 15.3. The second-order valence-corrected chi connectivity index (χ2v) is 7.68. The molecule has 1 aliphatic heterocycles. The van der Waals surface area contributed by atoms with Crippen LogP contribution in [0.15, 0.2) is 0 Å². The van der Waals surface area contributed by atoms with Crippen molar-refractivity contribution in [2.45, 2.75) is 97.2 Å². The molecule has 22 heavy (non-hydrogen) atoms. The van der Waals surface area contributed by atoms with E-state index in [9.17, 15) is 4.79 Å². The molecule has 0 spiro atoms. The molecular weight excluding hydrogens is 276 g/mol. The number of carbonyl (C=O) groups is 1. The van der Waals surface area contributed by atoms with Crippen LogP contribution in [0.5, 0.6) is 0 Å². The van der Waals surface area contributed by atoms with Gasteiger partial charge < -0.3 is 15.0 Å². The molecule has 1 amide bonds. The Morgan fingerprint density at radius 3 is 2.59 bits per heavy atom. The van der Waals surface area contributed by atoms with Crippen LogP contribution in [0.3, 0.4) is 0 Å². The van der Waals surface area contributed by atoms with E-state index in [0.29, 0.717) is 12.1 Å². The highest BCUT2D eigenvalue weighted by Gasteiger charge is 2.30. The molecule has 0 bridgehead atoms. The number of carbonyl (C=O) groups excluding carboxylic acids is 1. The minimum Gasteiger partial charge on any atom is -0.444 e. The summed E-state index contributed by atoms with van der Waals surface area (Å²) in [5, 5.41) is 3.67. The predicted molar refractivity (Wildman–Crippen MR) is 92.2 cm³/mol. The van der Waals surface area contributed by atoms with Gasteiger partial charge >= 0.3 is 6.09 Å². The molecule has 1 rings (SSSR count). The van der Waals surface area contributed by atoms with Crippen molar-refractivity contribution in [3.05, 3.63) is 0 Å². The summed E-state index contributed by atoms with van der Waals surface area (Å²) in [4.78, 5) is 13.9. The molecule has 0 aromatic heterocycles. The first kappa shape index (κ1) is 19.3. The Hall–Kier alpha value is -0.770. The Balaban J connectivity index is 2.19. The summed E-state index contributed by atoms with van der Waals surface area (Å²) >= 11 is 0.